The van der Waals surface area contributed by atoms with Crippen molar-refractivity contribution in [1.82, 2.24) is 9.78 Å². The summed E-state index contributed by atoms with van der Waals surface area (Å²) in [4.78, 5) is 0. The van der Waals surface area contributed by atoms with Crippen molar-refractivity contribution in [1.29, 1.82) is 0 Å². The highest BCUT2D eigenvalue weighted by Gasteiger charge is 2.39. The van der Waals surface area contributed by atoms with E-state index in [1.54, 1.807) is 0 Å². The van der Waals surface area contributed by atoms with Crippen molar-refractivity contribution in [2.45, 2.75) is 31.6 Å². The van der Waals surface area contributed by atoms with E-state index in [4.69, 9.17) is 5.73 Å². The second-order valence-electron chi connectivity index (χ2n) is 4.14. The van der Waals surface area contributed by atoms with Crippen LogP contribution in [-0.4, -0.2) is 16.3 Å². The summed E-state index contributed by atoms with van der Waals surface area (Å²) in [5.41, 5.74) is 8.61. The third-order valence-electron chi connectivity index (χ3n) is 3.29. The highest BCUT2D eigenvalue weighted by molar-refractivity contribution is 5.29. The van der Waals surface area contributed by atoms with Crippen LogP contribution in [0.5, 0.6) is 0 Å². The summed E-state index contributed by atoms with van der Waals surface area (Å²) in [5.74, 6) is 0. The number of hydrogen-bond donors (Lipinski definition) is 1. The van der Waals surface area contributed by atoms with Crippen LogP contribution in [0.25, 0.3) is 0 Å². The quantitative estimate of drug-likeness (QED) is 0.739. The van der Waals surface area contributed by atoms with Gasteiger partial charge in [0, 0.05) is 30.8 Å². The van der Waals surface area contributed by atoms with Crippen molar-refractivity contribution >= 4 is 0 Å². The number of rotatable bonds is 2. The zero-order valence-corrected chi connectivity index (χ0v) is 8.38. The van der Waals surface area contributed by atoms with Gasteiger partial charge in [0.1, 0.15) is 0 Å². The van der Waals surface area contributed by atoms with Crippen molar-refractivity contribution in [3.63, 3.8) is 0 Å². The molecule has 0 spiro atoms. The van der Waals surface area contributed by atoms with E-state index in [9.17, 15) is 0 Å². The maximum Gasteiger partial charge on any atom is 0.0631 e. The fourth-order valence-corrected chi connectivity index (χ4v) is 2.31. The molecule has 0 bridgehead atoms. The Labute approximate surface area is 78.9 Å². The van der Waals surface area contributed by atoms with E-state index in [1.165, 1.54) is 24.8 Å². The number of nitrogens with zero attached hydrogens (tertiary/aromatic N) is 2. The van der Waals surface area contributed by atoms with Gasteiger partial charge >= 0.3 is 0 Å². The highest BCUT2D eigenvalue weighted by atomic mass is 15.2. The van der Waals surface area contributed by atoms with Crippen LogP contribution in [0.4, 0.5) is 0 Å². The zero-order chi connectivity index (χ0) is 9.47. The molecule has 0 amide bonds. The molecule has 1 aliphatic rings. The van der Waals surface area contributed by atoms with E-state index in [1.807, 2.05) is 11.7 Å². The molecule has 1 aliphatic carbocycles. The summed E-state index contributed by atoms with van der Waals surface area (Å²) in [6, 6.07) is 0. The molecule has 1 aromatic heterocycles. The van der Waals surface area contributed by atoms with Crippen LogP contribution in [0.3, 0.4) is 0 Å². The third kappa shape index (κ3) is 1.18. The average molecular weight is 179 g/mol. The van der Waals surface area contributed by atoms with Gasteiger partial charge in [-0.25, -0.2) is 0 Å². The van der Waals surface area contributed by atoms with Crippen LogP contribution in [0.15, 0.2) is 6.20 Å². The minimum atomic E-state index is 0.262. The van der Waals surface area contributed by atoms with Gasteiger partial charge in [-0.3, -0.25) is 4.68 Å². The molecule has 2 N–H and O–H groups in total. The molecule has 1 heterocycles. The first-order valence-corrected chi connectivity index (χ1v) is 4.89. The molecule has 13 heavy (non-hydrogen) atoms. The van der Waals surface area contributed by atoms with Crippen LogP contribution in [-0.2, 0) is 12.5 Å². The third-order valence-corrected chi connectivity index (χ3v) is 3.29. The van der Waals surface area contributed by atoms with Gasteiger partial charge in [0.05, 0.1) is 5.69 Å². The van der Waals surface area contributed by atoms with Crippen molar-refractivity contribution in [3.8, 4) is 0 Å². The summed E-state index contributed by atoms with van der Waals surface area (Å²) in [6.07, 6.45) is 5.90. The molecule has 0 aromatic carbocycles. The van der Waals surface area contributed by atoms with Gasteiger partial charge in [-0.2, -0.15) is 5.10 Å². The van der Waals surface area contributed by atoms with Crippen molar-refractivity contribution in [2.75, 3.05) is 6.54 Å². The predicted molar refractivity (Wildman–Crippen MR) is 52.5 cm³/mol. The lowest BCUT2D eigenvalue weighted by molar-refractivity contribution is 0.252. The minimum Gasteiger partial charge on any atom is -0.330 e. The number of aromatic nitrogens is 2. The SMILES string of the molecule is Cc1nn(C)cc1C1(CN)CCC1. The summed E-state index contributed by atoms with van der Waals surface area (Å²) in [5, 5.41) is 4.37. The molecular formula is C10H17N3. The highest BCUT2D eigenvalue weighted by Crippen LogP contribution is 2.43. The molecule has 0 aliphatic heterocycles. The molecule has 3 nitrogen and oxygen atoms in total. The fraction of sp³-hybridized carbons (Fsp3) is 0.700. The van der Waals surface area contributed by atoms with Gasteiger partial charge in [-0.15, -0.1) is 0 Å². The maximum atomic E-state index is 5.84. The largest absolute Gasteiger partial charge is 0.330 e. The van der Waals surface area contributed by atoms with Gasteiger partial charge in [0.25, 0.3) is 0 Å². The smallest absolute Gasteiger partial charge is 0.0631 e. The first kappa shape index (κ1) is 8.75. The maximum absolute atomic E-state index is 5.84. The van der Waals surface area contributed by atoms with Gasteiger partial charge in [-0.05, 0) is 19.8 Å². The Morgan fingerprint density at radius 1 is 1.62 bits per heavy atom. The Morgan fingerprint density at radius 3 is 2.62 bits per heavy atom. The van der Waals surface area contributed by atoms with E-state index in [2.05, 4.69) is 18.2 Å². The lowest BCUT2D eigenvalue weighted by Gasteiger charge is -2.40. The monoisotopic (exact) mass is 179 g/mol. The standard InChI is InChI=1S/C10H17N3/c1-8-9(6-13(2)12-8)10(7-11)4-3-5-10/h6H,3-5,7,11H2,1-2H3. The number of hydrogen-bond acceptors (Lipinski definition) is 2. The number of aryl methyl sites for hydroxylation is 2. The normalized spacial score (nSPS) is 19.9. The van der Waals surface area contributed by atoms with E-state index < -0.39 is 0 Å². The van der Waals surface area contributed by atoms with E-state index in [0.717, 1.165) is 12.2 Å². The zero-order valence-electron chi connectivity index (χ0n) is 8.38. The molecule has 1 aromatic rings. The van der Waals surface area contributed by atoms with Crippen LogP contribution < -0.4 is 5.73 Å². The number of nitrogens with two attached hydrogens (primary N) is 1. The summed E-state index contributed by atoms with van der Waals surface area (Å²) in [6.45, 7) is 2.84. The molecular weight excluding hydrogens is 162 g/mol. The Bertz CT molecular complexity index is 304. The van der Waals surface area contributed by atoms with Gasteiger partial charge in [0.2, 0.25) is 0 Å². The second-order valence-corrected chi connectivity index (χ2v) is 4.14. The lowest BCUT2D eigenvalue weighted by Crippen LogP contribution is -2.41. The van der Waals surface area contributed by atoms with Crippen LogP contribution in [0, 0.1) is 6.92 Å². The minimum absolute atomic E-state index is 0.262. The Balaban J connectivity index is 2.37. The summed E-state index contributed by atoms with van der Waals surface area (Å²) < 4.78 is 1.89. The van der Waals surface area contributed by atoms with Crippen LogP contribution in [0.1, 0.15) is 30.5 Å². The first-order chi connectivity index (χ1) is 6.18. The van der Waals surface area contributed by atoms with E-state index in [-0.39, 0.29) is 5.41 Å². The molecule has 0 unspecified atom stereocenters. The first-order valence-electron chi connectivity index (χ1n) is 4.89. The molecule has 1 fully saturated rings. The van der Waals surface area contributed by atoms with Crippen molar-refractivity contribution in [2.24, 2.45) is 12.8 Å². The summed E-state index contributed by atoms with van der Waals surface area (Å²) >= 11 is 0. The molecule has 3 heteroatoms. The molecule has 0 saturated heterocycles. The van der Waals surface area contributed by atoms with Crippen LogP contribution >= 0.6 is 0 Å². The van der Waals surface area contributed by atoms with Gasteiger partial charge in [-0.1, -0.05) is 6.42 Å². The topological polar surface area (TPSA) is 43.8 Å². The molecule has 2 rings (SSSR count). The average Bonchev–Trinajstić information content (AvgIpc) is 2.30. The van der Waals surface area contributed by atoms with Crippen LogP contribution in [0.2, 0.25) is 0 Å². The van der Waals surface area contributed by atoms with Crippen molar-refractivity contribution < 1.29 is 0 Å². The summed E-state index contributed by atoms with van der Waals surface area (Å²) in [7, 11) is 1.97. The van der Waals surface area contributed by atoms with Gasteiger partial charge in [0.15, 0.2) is 0 Å². The molecule has 0 atom stereocenters. The Morgan fingerprint density at radius 2 is 2.31 bits per heavy atom. The second kappa shape index (κ2) is 2.84. The van der Waals surface area contributed by atoms with Crippen molar-refractivity contribution in [3.05, 3.63) is 17.5 Å². The van der Waals surface area contributed by atoms with Gasteiger partial charge < -0.3 is 5.73 Å². The van der Waals surface area contributed by atoms with E-state index in [0.29, 0.717) is 0 Å². The molecule has 1 saturated carbocycles. The fourth-order valence-electron chi connectivity index (χ4n) is 2.31. The van der Waals surface area contributed by atoms with E-state index >= 15 is 0 Å². The predicted octanol–water partition coefficient (Wildman–Crippen LogP) is 1.11. The lowest BCUT2D eigenvalue weighted by atomic mass is 9.64. The molecule has 0 radical (unpaired) electrons. The Kier molecular flexibility index (Phi) is 1.91. The Hall–Kier alpha value is -0.830. The molecule has 72 valence electrons.